The van der Waals surface area contributed by atoms with Crippen LogP contribution in [0.5, 0.6) is 0 Å². The van der Waals surface area contributed by atoms with E-state index < -0.39 is 0 Å². The van der Waals surface area contributed by atoms with Gasteiger partial charge in [-0.25, -0.2) is 0 Å². The van der Waals surface area contributed by atoms with E-state index in [1.807, 2.05) is 48.5 Å². The number of nitrogens with zero attached hydrogens (tertiary/aromatic N) is 1. The Hall–Kier alpha value is -2.20. The molecule has 0 fully saturated rings. The maximum absolute atomic E-state index is 11.6. The van der Waals surface area contributed by atoms with Crippen molar-refractivity contribution in [2.75, 3.05) is 6.54 Å². The highest BCUT2D eigenvalue weighted by atomic mass is 16.1. The van der Waals surface area contributed by atoms with Gasteiger partial charge in [-0.15, -0.1) is 0 Å². The van der Waals surface area contributed by atoms with Gasteiger partial charge in [-0.2, -0.15) is 0 Å². The molecule has 0 saturated heterocycles. The maximum Gasteiger partial charge on any atom is 0.234 e. The highest BCUT2D eigenvalue weighted by Crippen LogP contribution is 1.96. The molecule has 0 radical (unpaired) electrons. The predicted molar refractivity (Wildman–Crippen MR) is 74.2 cm³/mol. The number of aromatic nitrogens is 1. The molecule has 0 spiro atoms. The molecule has 0 bridgehead atoms. The van der Waals surface area contributed by atoms with Gasteiger partial charge in [0.2, 0.25) is 5.91 Å². The highest BCUT2D eigenvalue weighted by Gasteiger charge is 2.01. The van der Waals surface area contributed by atoms with Gasteiger partial charge in [-0.05, 0) is 17.7 Å². The minimum atomic E-state index is -0.0263. The second-order valence-electron chi connectivity index (χ2n) is 4.19. The van der Waals surface area contributed by atoms with Gasteiger partial charge in [0, 0.05) is 12.7 Å². The molecular formula is C15H17N3O. The topological polar surface area (TPSA) is 54.0 Å². The third-order valence-corrected chi connectivity index (χ3v) is 2.65. The fraction of sp³-hybridized carbons (Fsp3) is 0.200. The molecule has 0 saturated carbocycles. The van der Waals surface area contributed by atoms with E-state index in [0.717, 1.165) is 5.69 Å². The van der Waals surface area contributed by atoms with Crippen LogP contribution in [0, 0.1) is 0 Å². The Balaban J connectivity index is 1.65. The van der Waals surface area contributed by atoms with Crippen molar-refractivity contribution in [1.29, 1.82) is 0 Å². The molecule has 1 aromatic carbocycles. The van der Waals surface area contributed by atoms with Gasteiger partial charge in [0.15, 0.2) is 0 Å². The Morgan fingerprint density at radius 1 is 1.00 bits per heavy atom. The zero-order chi connectivity index (χ0) is 13.3. The first-order valence-corrected chi connectivity index (χ1v) is 6.26. The first kappa shape index (κ1) is 13.2. The smallest absolute Gasteiger partial charge is 0.234 e. The lowest BCUT2D eigenvalue weighted by atomic mass is 10.2. The lowest BCUT2D eigenvalue weighted by molar-refractivity contribution is -0.120. The Labute approximate surface area is 112 Å². The number of nitrogens with one attached hydrogen (secondary N) is 2. The molecule has 0 atom stereocenters. The molecule has 1 heterocycles. The summed E-state index contributed by atoms with van der Waals surface area (Å²) in [5, 5.41) is 5.93. The molecule has 4 nitrogen and oxygen atoms in total. The van der Waals surface area contributed by atoms with E-state index in [0.29, 0.717) is 19.6 Å². The minimum Gasteiger partial charge on any atom is -0.349 e. The molecule has 1 aromatic heterocycles. The standard InChI is InChI=1S/C15H17N3O/c19-15(18-11-14-8-4-5-9-17-14)12-16-10-13-6-2-1-3-7-13/h1-9,16H,10-12H2,(H,18,19). The first-order chi connectivity index (χ1) is 9.34. The molecule has 0 aliphatic rings. The van der Waals surface area contributed by atoms with Crippen LogP contribution in [0.4, 0.5) is 0 Å². The molecule has 0 unspecified atom stereocenters. The Bertz CT molecular complexity index is 499. The summed E-state index contributed by atoms with van der Waals surface area (Å²) >= 11 is 0. The van der Waals surface area contributed by atoms with Crippen LogP contribution in [0.25, 0.3) is 0 Å². The average molecular weight is 255 g/mol. The summed E-state index contributed by atoms with van der Waals surface area (Å²) in [7, 11) is 0. The summed E-state index contributed by atoms with van der Waals surface area (Å²) in [6, 6.07) is 15.6. The van der Waals surface area contributed by atoms with Crippen molar-refractivity contribution in [3.63, 3.8) is 0 Å². The van der Waals surface area contributed by atoms with E-state index >= 15 is 0 Å². The Morgan fingerprint density at radius 2 is 1.79 bits per heavy atom. The number of amides is 1. The van der Waals surface area contributed by atoms with E-state index in [1.165, 1.54) is 5.56 Å². The first-order valence-electron chi connectivity index (χ1n) is 6.26. The number of rotatable bonds is 6. The number of carbonyl (C=O) groups excluding carboxylic acids is 1. The second kappa shape index (κ2) is 7.28. The van der Waals surface area contributed by atoms with Gasteiger partial charge in [-0.1, -0.05) is 36.4 Å². The number of benzene rings is 1. The molecule has 2 aromatic rings. The number of carbonyl (C=O) groups is 1. The monoisotopic (exact) mass is 255 g/mol. The third-order valence-electron chi connectivity index (χ3n) is 2.65. The molecule has 0 aliphatic carbocycles. The highest BCUT2D eigenvalue weighted by molar-refractivity contribution is 5.77. The van der Waals surface area contributed by atoms with Crippen LogP contribution < -0.4 is 10.6 Å². The van der Waals surface area contributed by atoms with Gasteiger partial charge < -0.3 is 10.6 Å². The van der Waals surface area contributed by atoms with Crippen LogP contribution in [0.3, 0.4) is 0 Å². The number of hydrogen-bond donors (Lipinski definition) is 2. The van der Waals surface area contributed by atoms with Crippen molar-refractivity contribution in [3.05, 3.63) is 66.0 Å². The summed E-state index contributed by atoms with van der Waals surface area (Å²) < 4.78 is 0. The minimum absolute atomic E-state index is 0.0263. The number of pyridine rings is 1. The van der Waals surface area contributed by atoms with Crippen LogP contribution in [-0.2, 0) is 17.9 Å². The van der Waals surface area contributed by atoms with E-state index in [1.54, 1.807) is 6.20 Å². The quantitative estimate of drug-likeness (QED) is 0.822. The third kappa shape index (κ3) is 4.89. The van der Waals surface area contributed by atoms with Crippen molar-refractivity contribution in [2.24, 2.45) is 0 Å². The fourth-order valence-corrected chi connectivity index (χ4v) is 1.67. The van der Waals surface area contributed by atoms with Crippen LogP contribution >= 0.6 is 0 Å². The van der Waals surface area contributed by atoms with Crippen molar-refractivity contribution in [1.82, 2.24) is 15.6 Å². The lowest BCUT2D eigenvalue weighted by Crippen LogP contribution is -2.33. The Kier molecular flexibility index (Phi) is 5.07. The van der Waals surface area contributed by atoms with Crippen LogP contribution in [0.2, 0.25) is 0 Å². The van der Waals surface area contributed by atoms with E-state index in [-0.39, 0.29) is 5.91 Å². The molecule has 2 rings (SSSR count). The summed E-state index contributed by atoms with van der Waals surface area (Å²) in [5.74, 6) is -0.0263. The average Bonchev–Trinajstić information content (AvgIpc) is 2.47. The van der Waals surface area contributed by atoms with Crippen molar-refractivity contribution in [3.8, 4) is 0 Å². The lowest BCUT2D eigenvalue weighted by Gasteiger charge is -2.06. The number of hydrogen-bond acceptors (Lipinski definition) is 3. The molecule has 19 heavy (non-hydrogen) atoms. The largest absolute Gasteiger partial charge is 0.349 e. The van der Waals surface area contributed by atoms with E-state index in [9.17, 15) is 4.79 Å². The summed E-state index contributed by atoms with van der Waals surface area (Å²) in [6.07, 6.45) is 1.72. The maximum atomic E-state index is 11.6. The van der Waals surface area contributed by atoms with Crippen molar-refractivity contribution < 1.29 is 4.79 Å². The summed E-state index contributed by atoms with van der Waals surface area (Å²) in [4.78, 5) is 15.7. The van der Waals surface area contributed by atoms with Gasteiger partial charge in [-0.3, -0.25) is 9.78 Å². The molecule has 4 heteroatoms. The molecule has 0 aliphatic heterocycles. The van der Waals surface area contributed by atoms with Crippen molar-refractivity contribution >= 4 is 5.91 Å². The van der Waals surface area contributed by atoms with Gasteiger partial charge >= 0.3 is 0 Å². The zero-order valence-electron chi connectivity index (χ0n) is 10.7. The van der Waals surface area contributed by atoms with Crippen LogP contribution in [-0.4, -0.2) is 17.4 Å². The van der Waals surface area contributed by atoms with Gasteiger partial charge in [0.1, 0.15) is 0 Å². The molecule has 2 N–H and O–H groups in total. The molecule has 98 valence electrons. The molecule has 1 amide bonds. The van der Waals surface area contributed by atoms with Crippen LogP contribution in [0.1, 0.15) is 11.3 Å². The summed E-state index contributed by atoms with van der Waals surface area (Å²) in [5.41, 5.74) is 2.03. The fourth-order valence-electron chi connectivity index (χ4n) is 1.67. The zero-order valence-corrected chi connectivity index (χ0v) is 10.7. The summed E-state index contributed by atoms with van der Waals surface area (Å²) in [6.45, 7) is 1.46. The van der Waals surface area contributed by atoms with Crippen molar-refractivity contribution in [2.45, 2.75) is 13.1 Å². The SMILES string of the molecule is O=C(CNCc1ccccc1)NCc1ccccn1. The second-order valence-corrected chi connectivity index (χ2v) is 4.19. The molecular weight excluding hydrogens is 238 g/mol. The van der Waals surface area contributed by atoms with E-state index in [4.69, 9.17) is 0 Å². The van der Waals surface area contributed by atoms with Crippen LogP contribution in [0.15, 0.2) is 54.7 Å². The Morgan fingerprint density at radius 3 is 2.53 bits per heavy atom. The predicted octanol–water partition coefficient (Wildman–Crippen LogP) is 1.49. The van der Waals surface area contributed by atoms with E-state index in [2.05, 4.69) is 15.6 Å². The normalized spacial score (nSPS) is 10.1. The van der Waals surface area contributed by atoms with Gasteiger partial charge in [0.25, 0.3) is 0 Å². The van der Waals surface area contributed by atoms with Gasteiger partial charge in [0.05, 0.1) is 18.8 Å².